The van der Waals surface area contributed by atoms with Gasteiger partial charge in [-0.05, 0) is 59.8 Å². The van der Waals surface area contributed by atoms with Crippen LogP contribution in [0.1, 0.15) is 30.0 Å². The van der Waals surface area contributed by atoms with Gasteiger partial charge >= 0.3 is 6.09 Å². The van der Waals surface area contributed by atoms with Gasteiger partial charge in [-0.25, -0.2) is 9.78 Å². The number of nitrogens with zero attached hydrogens (tertiary/aromatic N) is 7. The quantitative estimate of drug-likeness (QED) is 0.187. The molecule has 220 valence electrons. The predicted octanol–water partition coefficient (Wildman–Crippen LogP) is 4.87. The summed E-state index contributed by atoms with van der Waals surface area (Å²) in [7, 11) is 1.29. The Morgan fingerprint density at radius 2 is 1.95 bits per heavy atom. The van der Waals surface area contributed by atoms with Crippen LogP contribution in [0.25, 0.3) is 23.0 Å². The molecule has 1 atom stereocenters. The number of carbonyl (C=O) groups is 2. The molecule has 0 aliphatic heterocycles. The van der Waals surface area contributed by atoms with Crippen molar-refractivity contribution in [1.82, 2.24) is 45.3 Å². The molecule has 13 nitrogen and oxygen atoms in total. The maximum absolute atomic E-state index is 13.2. The van der Waals surface area contributed by atoms with Crippen molar-refractivity contribution < 1.29 is 14.3 Å². The second-order valence-corrected chi connectivity index (χ2v) is 10.0. The molecule has 3 heterocycles. The molecule has 0 aliphatic rings. The fraction of sp³-hybridized carbons (Fsp3) is 0.179. The van der Waals surface area contributed by atoms with Crippen molar-refractivity contribution in [3.8, 4) is 16.9 Å². The third-order valence-corrected chi connectivity index (χ3v) is 6.86. The van der Waals surface area contributed by atoms with Crippen LogP contribution in [0.15, 0.2) is 67.1 Å². The fourth-order valence-electron chi connectivity index (χ4n) is 4.24. The molecular formula is C28H26Cl2N10O3. The third kappa shape index (κ3) is 7.26. The number of hydrogen-bond donors (Lipinski definition) is 3. The number of carbonyl (C=O) groups excluding carboxylic acids is 2. The van der Waals surface area contributed by atoms with E-state index >= 15 is 0 Å². The lowest BCUT2D eigenvalue weighted by Gasteiger charge is -2.15. The van der Waals surface area contributed by atoms with E-state index in [0.717, 1.165) is 5.69 Å². The van der Waals surface area contributed by atoms with Crippen molar-refractivity contribution in [2.24, 2.45) is 0 Å². The second kappa shape index (κ2) is 13.3. The van der Waals surface area contributed by atoms with Gasteiger partial charge in [0.15, 0.2) is 0 Å². The minimum atomic E-state index is -0.595. The van der Waals surface area contributed by atoms with E-state index in [-0.39, 0.29) is 5.91 Å². The number of imidazole rings is 1. The molecule has 0 spiro atoms. The van der Waals surface area contributed by atoms with Gasteiger partial charge in [0, 0.05) is 47.1 Å². The van der Waals surface area contributed by atoms with Crippen LogP contribution in [-0.2, 0) is 22.5 Å². The lowest BCUT2D eigenvalue weighted by Crippen LogP contribution is -2.29. The van der Waals surface area contributed by atoms with E-state index in [4.69, 9.17) is 28.2 Å². The smallest absolute Gasteiger partial charge is 0.411 e. The highest BCUT2D eigenvalue weighted by Gasteiger charge is 2.22. The number of halogens is 2. The van der Waals surface area contributed by atoms with E-state index in [1.807, 2.05) is 19.2 Å². The molecule has 1 unspecified atom stereocenters. The van der Waals surface area contributed by atoms with Crippen LogP contribution in [0.5, 0.6) is 0 Å². The normalized spacial score (nSPS) is 11.9. The summed E-state index contributed by atoms with van der Waals surface area (Å²) in [6, 6.07) is 13.4. The summed E-state index contributed by atoms with van der Waals surface area (Å²) in [5, 5.41) is 22.2. The summed E-state index contributed by atoms with van der Waals surface area (Å²) in [6.07, 6.45) is 6.13. The number of benzene rings is 2. The van der Waals surface area contributed by atoms with Crippen molar-refractivity contribution in [1.29, 1.82) is 0 Å². The largest absolute Gasteiger partial charge is 0.453 e. The van der Waals surface area contributed by atoms with Crippen molar-refractivity contribution in [3.63, 3.8) is 0 Å². The molecule has 5 aromatic rings. The van der Waals surface area contributed by atoms with E-state index in [0.29, 0.717) is 57.2 Å². The molecule has 0 radical (unpaired) electrons. The average molecular weight is 621 g/mol. The monoisotopic (exact) mass is 620 g/mol. The molecule has 3 N–H and O–H groups in total. The third-order valence-electron chi connectivity index (χ3n) is 6.35. The molecule has 43 heavy (non-hydrogen) atoms. The van der Waals surface area contributed by atoms with Crippen LogP contribution in [0.2, 0.25) is 10.2 Å². The Kier molecular flexibility index (Phi) is 9.13. The standard InChI is InChI=1S/C28H26Cl2N10O3/c1-3-39-13-12-21(36-39)15-22(27-34-25(26(30)35-27)17-4-8-20(9-5-17)32-28(42)43-2)33-24(41)11-6-18-14-19(29)7-10-23(18)40-16-31-37-38-40/h4-14,16,22H,3,15H2,1-2H3,(H,32,42)(H,33,41)(H,34,35). The van der Waals surface area contributed by atoms with E-state index in [2.05, 4.69) is 41.0 Å². The summed E-state index contributed by atoms with van der Waals surface area (Å²) in [5.74, 6) is 0.0663. The molecule has 0 bridgehead atoms. The van der Waals surface area contributed by atoms with Crippen molar-refractivity contribution in [2.45, 2.75) is 25.9 Å². The Labute approximate surface area is 255 Å². The van der Waals surface area contributed by atoms with Crippen molar-refractivity contribution in [2.75, 3.05) is 12.4 Å². The number of ether oxygens (including phenoxy) is 1. The van der Waals surface area contributed by atoms with Gasteiger partial charge in [0.2, 0.25) is 5.91 Å². The highest BCUT2D eigenvalue weighted by Crippen LogP contribution is 2.29. The van der Waals surface area contributed by atoms with E-state index in [9.17, 15) is 9.59 Å². The number of hydrogen-bond acceptors (Lipinski definition) is 8. The summed E-state index contributed by atoms with van der Waals surface area (Å²) in [5.41, 5.74) is 3.80. The number of aromatic nitrogens is 8. The molecule has 3 aromatic heterocycles. The van der Waals surface area contributed by atoms with Crippen LogP contribution in [0, 0.1) is 0 Å². The highest BCUT2D eigenvalue weighted by atomic mass is 35.5. The molecule has 0 aliphatic carbocycles. The van der Waals surface area contributed by atoms with Crippen LogP contribution < -0.4 is 10.6 Å². The van der Waals surface area contributed by atoms with Crippen LogP contribution in [0.4, 0.5) is 10.5 Å². The topological polar surface area (TPSA) is 158 Å². The first-order chi connectivity index (χ1) is 20.8. The maximum Gasteiger partial charge on any atom is 0.411 e. The molecular weight excluding hydrogens is 595 g/mol. The fourth-order valence-corrected chi connectivity index (χ4v) is 4.67. The number of H-pyrrole nitrogens is 1. The first kappa shape index (κ1) is 29.5. The predicted molar refractivity (Wildman–Crippen MR) is 161 cm³/mol. The van der Waals surface area contributed by atoms with Gasteiger partial charge in [-0.3, -0.25) is 14.8 Å². The Bertz CT molecular complexity index is 1750. The molecule has 2 amide bonds. The first-order valence-corrected chi connectivity index (χ1v) is 13.8. The van der Waals surface area contributed by atoms with E-state index in [1.54, 1.807) is 53.2 Å². The van der Waals surface area contributed by atoms with Gasteiger partial charge in [-0.1, -0.05) is 35.3 Å². The molecule has 15 heteroatoms. The van der Waals surface area contributed by atoms with E-state index in [1.165, 1.54) is 24.2 Å². The zero-order valence-corrected chi connectivity index (χ0v) is 24.5. The molecule has 0 saturated heterocycles. The number of rotatable bonds is 10. The Balaban J connectivity index is 1.40. The Morgan fingerprint density at radius 3 is 2.65 bits per heavy atom. The van der Waals surface area contributed by atoms with Crippen molar-refractivity contribution >= 4 is 47.0 Å². The van der Waals surface area contributed by atoms with Gasteiger partial charge in [0.25, 0.3) is 0 Å². The van der Waals surface area contributed by atoms with Gasteiger partial charge in [-0.2, -0.15) is 9.78 Å². The van der Waals surface area contributed by atoms with Crippen LogP contribution in [0.3, 0.4) is 0 Å². The van der Waals surface area contributed by atoms with Crippen LogP contribution in [-0.4, -0.2) is 59.1 Å². The van der Waals surface area contributed by atoms with Gasteiger partial charge in [0.1, 0.15) is 23.0 Å². The number of amides is 2. The summed E-state index contributed by atoms with van der Waals surface area (Å²) < 4.78 is 7.91. The summed E-state index contributed by atoms with van der Waals surface area (Å²) in [4.78, 5) is 32.6. The number of anilines is 1. The zero-order valence-electron chi connectivity index (χ0n) is 23.0. The molecule has 0 fully saturated rings. The number of tetrazole rings is 1. The second-order valence-electron chi connectivity index (χ2n) is 9.20. The van der Waals surface area contributed by atoms with Crippen LogP contribution >= 0.6 is 23.2 Å². The highest BCUT2D eigenvalue weighted by molar-refractivity contribution is 6.32. The summed E-state index contributed by atoms with van der Waals surface area (Å²) in [6.45, 7) is 2.70. The zero-order chi connectivity index (χ0) is 30.3. The van der Waals surface area contributed by atoms with Gasteiger partial charge < -0.3 is 15.0 Å². The van der Waals surface area contributed by atoms with Crippen molar-refractivity contribution in [3.05, 3.63) is 94.4 Å². The lowest BCUT2D eigenvalue weighted by molar-refractivity contribution is -0.117. The Hall–Kier alpha value is -5.01. The number of aromatic amines is 1. The lowest BCUT2D eigenvalue weighted by atomic mass is 10.1. The SMILES string of the molecule is CCn1ccc(CC(NC(=O)C=Cc2cc(Cl)ccc2-n2cnnn2)c2nc(-c3ccc(NC(=O)OC)cc3)c(Cl)[nH]2)n1. The average Bonchev–Trinajstić information content (AvgIpc) is 3.78. The minimum Gasteiger partial charge on any atom is -0.453 e. The van der Waals surface area contributed by atoms with Gasteiger partial charge in [-0.15, -0.1) is 5.10 Å². The molecule has 5 rings (SSSR count). The summed E-state index contributed by atoms with van der Waals surface area (Å²) >= 11 is 12.8. The Morgan fingerprint density at radius 1 is 1.14 bits per heavy atom. The van der Waals surface area contributed by atoms with E-state index < -0.39 is 12.1 Å². The molecule has 0 saturated carbocycles. The van der Waals surface area contributed by atoms with Gasteiger partial charge in [0.05, 0.1) is 24.5 Å². The molecule has 2 aromatic carbocycles. The number of nitrogens with one attached hydrogen (secondary N) is 3. The first-order valence-electron chi connectivity index (χ1n) is 13.1. The maximum atomic E-state index is 13.2. The number of aryl methyl sites for hydroxylation is 1. The minimum absolute atomic E-state index is 0.294. The number of methoxy groups -OCH3 is 1.